The summed E-state index contributed by atoms with van der Waals surface area (Å²) in [6.07, 6.45) is 0. The average Bonchev–Trinajstić information content (AvgIpc) is 2.61. The van der Waals surface area contributed by atoms with Crippen LogP contribution in [0.1, 0.15) is 26.9 Å². The summed E-state index contributed by atoms with van der Waals surface area (Å²) in [5.74, 6) is 0. The molecule has 1 aromatic carbocycles. The lowest BCUT2D eigenvalue weighted by atomic mass is 10.0. The van der Waals surface area contributed by atoms with Gasteiger partial charge in [-0.3, -0.25) is 0 Å². The van der Waals surface area contributed by atoms with Gasteiger partial charge in [-0.05, 0) is 53.0 Å². The van der Waals surface area contributed by atoms with E-state index in [1.807, 2.05) is 12.1 Å². The molecule has 1 nitrogen and oxygen atoms in total. The maximum Gasteiger partial charge on any atom is 0.0660 e. The van der Waals surface area contributed by atoms with Crippen LogP contribution in [0.5, 0.6) is 0 Å². The molecule has 0 aliphatic rings. The molecule has 17 heavy (non-hydrogen) atoms. The van der Waals surface area contributed by atoms with E-state index in [0.29, 0.717) is 0 Å². The summed E-state index contributed by atoms with van der Waals surface area (Å²) in [6.45, 7) is 4.19. The number of aryl methyl sites for hydroxylation is 1. The van der Waals surface area contributed by atoms with E-state index in [9.17, 15) is 0 Å². The molecule has 4 heteroatoms. The minimum Gasteiger partial charge on any atom is -0.320 e. The van der Waals surface area contributed by atoms with Crippen molar-refractivity contribution in [1.29, 1.82) is 0 Å². The smallest absolute Gasteiger partial charge is 0.0660 e. The molecule has 1 unspecified atom stereocenters. The highest BCUT2D eigenvalue weighted by molar-refractivity contribution is 9.10. The summed E-state index contributed by atoms with van der Waals surface area (Å²) in [5.41, 5.74) is 8.73. The summed E-state index contributed by atoms with van der Waals surface area (Å²) in [4.78, 5) is 2.46. The van der Waals surface area contributed by atoms with Gasteiger partial charge in [-0.1, -0.05) is 28.1 Å². The zero-order valence-corrected chi connectivity index (χ0v) is 13.6. The lowest BCUT2D eigenvalue weighted by Gasteiger charge is -2.15. The average molecular weight is 375 g/mol. The molecular formula is C13H13Br2NS. The lowest BCUT2D eigenvalue weighted by molar-refractivity contribution is 0.876. The molecule has 90 valence electrons. The van der Waals surface area contributed by atoms with Gasteiger partial charge in [0.1, 0.15) is 0 Å². The number of hydrogen-bond donors (Lipinski definition) is 1. The second-order valence-corrected chi connectivity index (χ2v) is 7.00. The Kier molecular flexibility index (Phi) is 4.08. The zero-order chi connectivity index (χ0) is 12.6. The molecule has 0 spiro atoms. The highest BCUT2D eigenvalue weighted by atomic mass is 79.9. The Morgan fingerprint density at radius 1 is 1.18 bits per heavy atom. The van der Waals surface area contributed by atoms with Gasteiger partial charge in [-0.25, -0.2) is 0 Å². The Bertz CT molecular complexity index is 548. The molecule has 0 radical (unpaired) electrons. The van der Waals surface area contributed by atoms with Crippen molar-refractivity contribution >= 4 is 43.2 Å². The van der Waals surface area contributed by atoms with Crippen molar-refractivity contribution in [3.8, 4) is 0 Å². The molecule has 0 bridgehead atoms. The largest absolute Gasteiger partial charge is 0.320 e. The topological polar surface area (TPSA) is 26.0 Å². The summed E-state index contributed by atoms with van der Waals surface area (Å²) in [5, 5.41) is 0. The van der Waals surface area contributed by atoms with E-state index in [1.165, 1.54) is 20.9 Å². The molecule has 1 atom stereocenters. The first kappa shape index (κ1) is 13.3. The molecular weight excluding hydrogens is 362 g/mol. The first-order chi connectivity index (χ1) is 8.00. The van der Waals surface area contributed by atoms with Crippen LogP contribution < -0.4 is 5.73 Å². The molecule has 2 rings (SSSR count). The third-order valence-electron chi connectivity index (χ3n) is 2.76. The monoisotopic (exact) mass is 373 g/mol. The van der Waals surface area contributed by atoms with Gasteiger partial charge in [0, 0.05) is 18.7 Å². The molecule has 1 heterocycles. The van der Waals surface area contributed by atoms with Crippen LogP contribution >= 0.6 is 43.2 Å². The van der Waals surface area contributed by atoms with Crippen molar-refractivity contribution in [3.63, 3.8) is 0 Å². The Labute approximate surface area is 122 Å². The Morgan fingerprint density at radius 2 is 1.88 bits per heavy atom. The minimum atomic E-state index is -0.0689. The van der Waals surface area contributed by atoms with E-state index in [-0.39, 0.29) is 6.04 Å². The maximum atomic E-state index is 6.36. The van der Waals surface area contributed by atoms with Crippen LogP contribution in [-0.4, -0.2) is 0 Å². The second-order valence-electron chi connectivity index (χ2n) is 4.00. The molecule has 1 aromatic heterocycles. The van der Waals surface area contributed by atoms with Crippen LogP contribution in [0.2, 0.25) is 0 Å². The minimum absolute atomic E-state index is 0.0689. The predicted molar refractivity (Wildman–Crippen MR) is 81.7 cm³/mol. The van der Waals surface area contributed by atoms with E-state index in [2.05, 4.69) is 57.8 Å². The second kappa shape index (κ2) is 5.22. The van der Waals surface area contributed by atoms with Crippen molar-refractivity contribution in [2.45, 2.75) is 19.9 Å². The van der Waals surface area contributed by atoms with Crippen LogP contribution in [0.25, 0.3) is 0 Å². The van der Waals surface area contributed by atoms with Gasteiger partial charge in [0.05, 0.1) is 6.04 Å². The van der Waals surface area contributed by atoms with Crippen molar-refractivity contribution in [3.05, 3.63) is 54.1 Å². The molecule has 0 aliphatic heterocycles. The van der Waals surface area contributed by atoms with Crippen molar-refractivity contribution in [2.24, 2.45) is 5.73 Å². The summed E-state index contributed by atoms with van der Waals surface area (Å²) >= 11 is 8.87. The number of halogens is 2. The predicted octanol–water partition coefficient (Wildman–Crippen LogP) is 4.94. The van der Waals surface area contributed by atoms with Gasteiger partial charge in [0.2, 0.25) is 0 Å². The van der Waals surface area contributed by atoms with E-state index < -0.39 is 0 Å². The number of benzene rings is 1. The number of hydrogen-bond acceptors (Lipinski definition) is 2. The SMILES string of the molecule is Cc1cc(Br)c(C(N)c2cccc(Br)c2C)s1. The molecule has 2 aromatic rings. The molecule has 2 N–H and O–H groups in total. The number of nitrogens with two attached hydrogens (primary N) is 1. The normalized spacial score (nSPS) is 12.8. The summed E-state index contributed by atoms with van der Waals surface area (Å²) in [6, 6.07) is 8.21. The number of rotatable bonds is 2. The lowest BCUT2D eigenvalue weighted by Crippen LogP contribution is -2.12. The molecule has 0 saturated heterocycles. The third kappa shape index (κ3) is 2.65. The molecule has 0 amide bonds. The van der Waals surface area contributed by atoms with Crippen molar-refractivity contribution < 1.29 is 0 Å². The van der Waals surface area contributed by atoms with Gasteiger partial charge in [-0.15, -0.1) is 11.3 Å². The first-order valence-corrected chi connectivity index (χ1v) is 7.67. The number of thiophene rings is 1. The van der Waals surface area contributed by atoms with E-state index >= 15 is 0 Å². The van der Waals surface area contributed by atoms with Crippen LogP contribution in [0.3, 0.4) is 0 Å². The standard InChI is InChI=1S/C13H13Br2NS/c1-7-6-11(15)13(17-7)12(16)9-4-3-5-10(14)8(9)2/h3-6,12H,16H2,1-2H3. The highest BCUT2D eigenvalue weighted by Gasteiger charge is 2.17. The Balaban J connectivity index is 2.47. The van der Waals surface area contributed by atoms with Gasteiger partial charge >= 0.3 is 0 Å². The fraction of sp³-hybridized carbons (Fsp3) is 0.231. The van der Waals surface area contributed by atoms with Gasteiger partial charge < -0.3 is 5.73 Å². The maximum absolute atomic E-state index is 6.36. The highest BCUT2D eigenvalue weighted by Crippen LogP contribution is 2.36. The summed E-state index contributed by atoms with van der Waals surface area (Å²) in [7, 11) is 0. The van der Waals surface area contributed by atoms with Crippen LogP contribution in [-0.2, 0) is 0 Å². The van der Waals surface area contributed by atoms with Gasteiger partial charge in [-0.2, -0.15) is 0 Å². The van der Waals surface area contributed by atoms with Crippen LogP contribution in [0, 0.1) is 13.8 Å². The van der Waals surface area contributed by atoms with Crippen molar-refractivity contribution in [2.75, 3.05) is 0 Å². The fourth-order valence-electron chi connectivity index (χ4n) is 1.82. The fourth-order valence-corrected chi connectivity index (χ4v) is 4.12. The van der Waals surface area contributed by atoms with E-state index in [0.717, 1.165) is 8.95 Å². The van der Waals surface area contributed by atoms with E-state index in [4.69, 9.17) is 5.73 Å². The zero-order valence-electron chi connectivity index (χ0n) is 9.63. The van der Waals surface area contributed by atoms with E-state index in [1.54, 1.807) is 11.3 Å². The third-order valence-corrected chi connectivity index (χ3v) is 5.67. The van der Waals surface area contributed by atoms with Crippen LogP contribution in [0.4, 0.5) is 0 Å². The molecule has 0 fully saturated rings. The first-order valence-electron chi connectivity index (χ1n) is 5.27. The van der Waals surface area contributed by atoms with Crippen LogP contribution in [0.15, 0.2) is 33.2 Å². The van der Waals surface area contributed by atoms with Gasteiger partial charge in [0.25, 0.3) is 0 Å². The van der Waals surface area contributed by atoms with Gasteiger partial charge in [0.15, 0.2) is 0 Å². The molecule has 0 aliphatic carbocycles. The molecule has 0 saturated carbocycles. The Morgan fingerprint density at radius 3 is 2.47 bits per heavy atom. The Hall–Kier alpha value is -0.160. The summed E-state index contributed by atoms with van der Waals surface area (Å²) < 4.78 is 2.21. The van der Waals surface area contributed by atoms with Crippen molar-refractivity contribution in [1.82, 2.24) is 0 Å². The quantitative estimate of drug-likeness (QED) is 0.791.